The Hall–Kier alpha value is -3.03. The molecule has 3 rings (SSSR count). The summed E-state index contributed by atoms with van der Waals surface area (Å²) in [6.07, 6.45) is 0. The predicted molar refractivity (Wildman–Crippen MR) is 133 cm³/mol. The molecule has 174 valence electrons. The van der Waals surface area contributed by atoms with Crippen molar-refractivity contribution in [2.24, 2.45) is 0 Å². The molecule has 6 nitrogen and oxygen atoms in total. The molecule has 0 bridgehead atoms. The van der Waals surface area contributed by atoms with Gasteiger partial charge in [-0.1, -0.05) is 55.3 Å². The van der Waals surface area contributed by atoms with E-state index in [2.05, 4.69) is 19.2 Å². The second kappa shape index (κ2) is 10.3. The number of sulfonamides is 1. The number of benzene rings is 3. The van der Waals surface area contributed by atoms with Crippen LogP contribution in [0.2, 0.25) is 5.02 Å². The molecule has 0 saturated carbocycles. The van der Waals surface area contributed by atoms with Crippen LogP contribution in [0.3, 0.4) is 0 Å². The quantitative estimate of drug-likeness (QED) is 0.448. The van der Waals surface area contributed by atoms with Crippen LogP contribution >= 0.6 is 11.6 Å². The van der Waals surface area contributed by atoms with Crippen LogP contribution in [0, 0.1) is 6.92 Å². The zero-order valence-corrected chi connectivity index (χ0v) is 20.6. The highest BCUT2D eigenvalue weighted by Crippen LogP contribution is 2.35. The molecule has 33 heavy (non-hydrogen) atoms. The number of nitrogens with one attached hydrogen (secondary N) is 1. The van der Waals surface area contributed by atoms with Crippen molar-refractivity contribution in [1.29, 1.82) is 0 Å². The van der Waals surface area contributed by atoms with Gasteiger partial charge in [-0.25, -0.2) is 8.42 Å². The van der Waals surface area contributed by atoms with Gasteiger partial charge in [0.05, 0.1) is 17.7 Å². The Morgan fingerprint density at radius 2 is 1.67 bits per heavy atom. The molecular weight excluding hydrogens is 460 g/mol. The lowest BCUT2D eigenvalue weighted by Crippen LogP contribution is -2.38. The maximum absolute atomic E-state index is 13.6. The van der Waals surface area contributed by atoms with E-state index >= 15 is 0 Å². The molecule has 0 aliphatic rings. The molecule has 0 unspecified atom stereocenters. The van der Waals surface area contributed by atoms with Crippen molar-refractivity contribution in [3.8, 4) is 5.75 Å². The van der Waals surface area contributed by atoms with Gasteiger partial charge in [0.25, 0.3) is 10.0 Å². The first-order valence-electron chi connectivity index (χ1n) is 10.4. The van der Waals surface area contributed by atoms with Crippen molar-refractivity contribution in [1.82, 2.24) is 0 Å². The zero-order valence-electron chi connectivity index (χ0n) is 19.0. The van der Waals surface area contributed by atoms with E-state index < -0.39 is 22.5 Å². The van der Waals surface area contributed by atoms with E-state index in [1.54, 1.807) is 36.4 Å². The van der Waals surface area contributed by atoms with Gasteiger partial charge < -0.3 is 10.1 Å². The Morgan fingerprint density at radius 1 is 1.03 bits per heavy atom. The van der Waals surface area contributed by atoms with Crippen LogP contribution in [0.15, 0.2) is 71.6 Å². The average molecular weight is 487 g/mol. The van der Waals surface area contributed by atoms with E-state index in [1.807, 2.05) is 19.1 Å². The Kier molecular flexibility index (Phi) is 7.66. The molecule has 0 aliphatic heterocycles. The van der Waals surface area contributed by atoms with E-state index in [4.69, 9.17) is 16.3 Å². The SMILES string of the molecule is COc1ccc(Cl)cc1N(CC(=O)Nc1ccc(C(C)C)cc1)S(=O)(=O)c1ccc(C)cc1. The van der Waals surface area contributed by atoms with Crippen LogP contribution < -0.4 is 14.4 Å². The van der Waals surface area contributed by atoms with Crippen molar-refractivity contribution in [3.63, 3.8) is 0 Å². The maximum atomic E-state index is 13.6. The van der Waals surface area contributed by atoms with Crippen molar-refractivity contribution < 1.29 is 17.9 Å². The largest absolute Gasteiger partial charge is 0.495 e. The normalized spacial score (nSPS) is 11.3. The molecular formula is C25H27ClN2O4S. The van der Waals surface area contributed by atoms with Crippen LogP contribution in [-0.4, -0.2) is 28.0 Å². The standard InChI is InChI=1S/C25H27ClN2O4S/c1-17(2)19-7-10-21(11-8-19)27-25(29)16-28(23-15-20(26)9-14-24(23)32-4)33(30,31)22-12-5-18(3)6-13-22/h5-15,17H,16H2,1-4H3,(H,27,29). The Balaban J connectivity index is 1.97. The molecule has 1 amide bonds. The highest BCUT2D eigenvalue weighted by Gasteiger charge is 2.29. The fourth-order valence-electron chi connectivity index (χ4n) is 3.28. The number of nitrogens with zero attached hydrogens (tertiary/aromatic N) is 1. The highest BCUT2D eigenvalue weighted by molar-refractivity contribution is 7.92. The van der Waals surface area contributed by atoms with Crippen molar-refractivity contribution in [2.45, 2.75) is 31.6 Å². The molecule has 3 aromatic rings. The minimum absolute atomic E-state index is 0.0595. The first-order valence-corrected chi connectivity index (χ1v) is 12.3. The van der Waals surface area contributed by atoms with Gasteiger partial charge >= 0.3 is 0 Å². The summed E-state index contributed by atoms with van der Waals surface area (Å²) in [5.41, 5.74) is 2.81. The third kappa shape index (κ3) is 5.86. The molecule has 0 heterocycles. The second-order valence-electron chi connectivity index (χ2n) is 7.97. The van der Waals surface area contributed by atoms with E-state index in [0.29, 0.717) is 16.6 Å². The first-order chi connectivity index (χ1) is 15.6. The van der Waals surface area contributed by atoms with Crippen LogP contribution in [0.25, 0.3) is 0 Å². The lowest BCUT2D eigenvalue weighted by Gasteiger charge is -2.26. The third-order valence-electron chi connectivity index (χ3n) is 5.17. The second-order valence-corrected chi connectivity index (χ2v) is 10.3. The van der Waals surface area contributed by atoms with Crippen LogP contribution in [0.1, 0.15) is 30.9 Å². The zero-order chi connectivity index (χ0) is 24.2. The van der Waals surface area contributed by atoms with Crippen LogP contribution in [-0.2, 0) is 14.8 Å². The van der Waals surface area contributed by atoms with E-state index in [0.717, 1.165) is 15.4 Å². The van der Waals surface area contributed by atoms with Crippen LogP contribution in [0.5, 0.6) is 5.75 Å². The Morgan fingerprint density at radius 3 is 2.24 bits per heavy atom. The van der Waals surface area contributed by atoms with E-state index in [-0.39, 0.29) is 16.3 Å². The maximum Gasteiger partial charge on any atom is 0.264 e. The summed E-state index contributed by atoms with van der Waals surface area (Å²) in [5, 5.41) is 3.09. The minimum atomic E-state index is -4.09. The van der Waals surface area contributed by atoms with Gasteiger partial charge in [-0.3, -0.25) is 9.10 Å². The molecule has 0 radical (unpaired) electrons. The lowest BCUT2D eigenvalue weighted by atomic mass is 10.0. The predicted octanol–water partition coefficient (Wildman–Crippen LogP) is 5.61. The average Bonchev–Trinajstić information content (AvgIpc) is 2.78. The van der Waals surface area contributed by atoms with Crippen LogP contribution in [0.4, 0.5) is 11.4 Å². The number of rotatable bonds is 8. The third-order valence-corrected chi connectivity index (χ3v) is 7.18. The summed E-state index contributed by atoms with van der Waals surface area (Å²) in [6.45, 7) is 5.57. The molecule has 0 saturated heterocycles. The number of hydrogen-bond donors (Lipinski definition) is 1. The van der Waals surface area contributed by atoms with Crippen molar-refractivity contribution in [2.75, 3.05) is 23.3 Å². The van der Waals surface area contributed by atoms with Gasteiger partial charge in [-0.05, 0) is 60.9 Å². The summed E-state index contributed by atoms with van der Waals surface area (Å²) in [7, 11) is -2.66. The summed E-state index contributed by atoms with van der Waals surface area (Å²) in [5.74, 6) is 0.148. The van der Waals surface area contributed by atoms with Gasteiger partial charge in [-0.2, -0.15) is 0 Å². The number of carbonyl (C=O) groups excluding carboxylic acids is 1. The van der Waals surface area contributed by atoms with Gasteiger partial charge in [0.1, 0.15) is 12.3 Å². The fraction of sp³-hybridized carbons (Fsp3) is 0.240. The smallest absolute Gasteiger partial charge is 0.264 e. The lowest BCUT2D eigenvalue weighted by molar-refractivity contribution is -0.114. The number of carbonyl (C=O) groups is 1. The number of halogens is 1. The monoisotopic (exact) mass is 486 g/mol. The summed E-state index contributed by atoms with van der Waals surface area (Å²) >= 11 is 6.16. The molecule has 8 heteroatoms. The molecule has 0 aliphatic carbocycles. The van der Waals surface area contributed by atoms with Gasteiger partial charge in [0, 0.05) is 10.7 Å². The van der Waals surface area contributed by atoms with E-state index in [9.17, 15) is 13.2 Å². The van der Waals surface area contributed by atoms with Gasteiger partial charge in [0.15, 0.2) is 0 Å². The topological polar surface area (TPSA) is 75.7 Å². The number of methoxy groups -OCH3 is 1. The number of hydrogen-bond acceptors (Lipinski definition) is 4. The number of aryl methyl sites for hydroxylation is 1. The summed E-state index contributed by atoms with van der Waals surface area (Å²) < 4.78 is 33.5. The van der Waals surface area contributed by atoms with Crippen molar-refractivity contribution in [3.05, 3.63) is 82.9 Å². The Labute approximate surface area is 200 Å². The summed E-state index contributed by atoms with van der Waals surface area (Å²) in [4.78, 5) is 13.0. The minimum Gasteiger partial charge on any atom is -0.495 e. The van der Waals surface area contributed by atoms with Gasteiger partial charge in [0.2, 0.25) is 5.91 Å². The number of anilines is 2. The molecule has 3 aromatic carbocycles. The molecule has 0 fully saturated rings. The van der Waals surface area contributed by atoms with E-state index in [1.165, 1.54) is 25.3 Å². The molecule has 1 N–H and O–H groups in total. The Bertz CT molecular complexity index is 1220. The van der Waals surface area contributed by atoms with Gasteiger partial charge in [-0.15, -0.1) is 0 Å². The number of amides is 1. The molecule has 0 atom stereocenters. The van der Waals surface area contributed by atoms with Crippen molar-refractivity contribution >= 4 is 38.9 Å². The first kappa shape index (κ1) is 24.6. The molecule has 0 spiro atoms. The highest BCUT2D eigenvalue weighted by atomic mass is 35.5. The molecule has 0 aromatic heterocycles. The fourth-order valence-corrected chi connectivity index (χ4v) is 4.87. The summed E-state index contributed by atoms with van der Waals surface area (Å²) in [6, 6.07) is 18.5. The number of ether oxygens (including phenoxy) is 1.